The van der Waals surface area contributed by atoms with Crippen molar-refractivity contribution in [3.63, 3.8) is 0 Å². The first-order valence-electron chi connectivity index (χ1n) is 6.03. The van der Waals surface area contributed by atoms with Crippen LogP contribution in [0.25, 0.3) is 17.0 Å². The molecule has 90 valence electrons. The third kappa shape index (κ3) is 2.27. The van der Waals surface area contributed by atoms with Gasteiger partial charge in [-0.25, -0.2) is 0 Å². The summed E-state index contributed by atoms with van der Waals surface area (Å²) in [5, 5.41) is 4.58. The summed E-state index contributed by atoms with van der Waals surface area (Å²) in [5.41, 5.74) is 3.93. The number of likely N-dealkylation sites (N-methyl/N-ethyl adjacent to an activating group) is 1. The standard InChI is InChI=1S/C15H20N2/c1-11(12(2)16-3)9-13-10-17(4)15-8-6-5-7-14(13)15/h5-10,12,16H,1-4H3/b11-9+. The predicted molar refractivity (Wildman–Crippen MR) is 75.1 cm³/mol. The first-order chi connectivity index (χ1) is 8.13. The van der Waals surface area contributed by atoms with E-state index in [1.807, 2.05) is 7.05 Å². The van der Waals surface area contributed by atoms with E-state index in [1.54, 1.807) is 0 Å². The Hall–Kier alpha value is -1.54. The molecule has 0 saturated heterocycles. The number of rotatable bonds is 3. The molecule has 0 saturated carbocycles. The monoisotopic (exact) mass is 228 g/mol. The second-order valence-corrected chi connectivity index (χ2v) is 4.61. The van der Waals surface area contributed by atoms with Crippen LogP contribution in [0.15, 0.2) is 36.0 Å². The molecule has 2 heteroatoms. The fourth-order valence-electron chi connectivity index (χ4n) is 2.09. The molecule has 0 amide bonds. The van der Waals surface area contributed by atoms with Crippen molar-refractivity contribution in [1.82, 2.24) is 9.88 Å². The number of hydrogen-bond acceptors (Lipinski definition) is 1. The van der Waals surface area contributed by atoms with Gasteiger partial charge in [0.05, 0.1) is 0 Å². The minimum Gasteiger partial charge on any atom is -0.350 e. The first kappa shape index (κ1) is 11.9. The van der Waals surface area contributed by atoms with Gasteiger partial charge in [-0.2, -0.15) is 0 Å². The van der Waals surface area contributed by atoms with Crippen LogP contribution in [-0.4, -0.2) is 17.7 Å². The normalized spacial score (nSPS) is 14.2. The van der Waals surface area contributed by atoms with Gasteiger partial charge in [0, 0.05) is 30.2 Å². The molecule has 2 nitrogen and oxygen atoms in total. The number of benzene rings is 1. The molecule has 0 bridgehead atoms. The lowest BCUT2D eigenvalue weighted by Crippen LogP contribution is -2.21. The average molecular weight is 228 g/mol. The van der Waals surface area contributed by atoms with Gasteiger partial charge in [-0.05, 0) is 32.5 Å². The zero-order valence-corrected chi connectivity index (χ0v) is 11.0. The van der Waals surface area contributed by atoms with Crippen LogP contribution in [0, 0.1) is 0 Å². The molecule has 0 aliphatic carbocycles. The van der Waals surface area contributed by atoms with Crippen molar-refractivity contribution in [3.05, 3.63) is 41.6 Å². The Balaban J connectivity index is 2.50. The van der Waals surface area contributed by atoms with Gasteiger partial charge in [-0.15, -0.1) is 0 Å². The van der Waals surface area contributed by atoms with Crippen molar-refractivity contribution in [2.45, 2.75) is 19.9 Å². The van der Waals surface area contributed by atoms with Crippen molar-refractivity contribution in [2.24, 2.45) is 7.05 Å². The molecular formula is C15H20N2. The van der Waals surface area contributed by atoms with E-state index in [9.17, 15) is 0 Å². The molecule has 2 rings (SSSR count). The Bertz CT molecular complexity index is 549. The number of aryl methyl sites for hydroxylation is 1. The largest absolute Gasteiger partial charge is 0.350 e. The molecule has 0 spiro atoms. The van der Waals surface area contributed by atoms with E-state index in [0.717, 1.165) is 0 Å². The average Bonchev–Trinajstić information content (AvgIpc) is 2.66. The summed E-state index contributed by atoms with van der Waals surface area (Å²) >= 11 is 0. The number of fused-ring (bicyclic) bond motifs is 1. The molecule has 1 unspecified atom stereocenters. The van der Waals surface area contributed by atoms with Gasteiger partial charge in [0.15, 0.2) is 0 Å². The third-order valence-electron chi connectivity index (χ3n) is 3.43. The van der Waals surface area contributed by atoms with Gasteiger partial charge in [0.2, 0.25) is 0 Å². The summed E-state index contributed by atoms with van der Waals surface area (Å²) in [6.45, 7) is 4.35. The number of nitrogens with one attached hydrogen (secondary N) is 1. The maximum Gasteiger partial charge on any atom is 0.0483 e. The highest BCUT2D eigenvalue weighted by Gasteiger charge is 2.05. The van der Waals surface area contributed by atoms with E-state index < -0.39 is 0 Å². The molecule has 1 aromatic carbocycles. The second-order valence-electron chi connectivity index (χ2n) is 4.61. The Morgan fingerprint density at radius 3 is 2.76 bits per heavy atom. The minimum absolute atomic E-state index is 0.411. The summed E-state index contributed by atoms with van der Waals surface area (Å²) < 4.78 is 2.18. The van der Waals surface area contributed by atoms with Crippen LogP contribution < -0.4 is 5.32 Å². The molecule has 17 heavy (non-hydrogen) atoms. The minimum atomic E-state index is 0.411. The lowest BCUT2D eigenvalue weighted by molar-refractivity contribution is 0.696. The predicted octanol–water partition coefficient (Wildman–Crippen LogP) is 3.19. The molecular weight excluding hydrogens is 208 g/mol. The molecule has 0 fully saturated rings. The Kier molecular flexibility index (Phi) is 3.34. The zero-order valence-electron chi connectivity index (χ0n) is 11.0. The highest BCUT2D eigenvalue weighted by molar-refractivity contribution is 5.89. The fourth-order valence-corrected chi connectivity index (χ4v) is 2.09. The summed E-state index contributed by atoms with van der Waals surface area (Å²) in [6.07, 6.45) is 4.46. The maximum absolute atomic E-state index is 3.26. The van der Waals surface area contributed by atoms with Crippen molar-refractivity contribution in [2.75, 3.05) is 7.05 Å². The summed E-state index contributed by atoms with van der Waals surface area (Å²) in [5.74, 6) is 0. The van der Waals surface area contributed by atoms with Crippen molar-refractivity contribution in [3.8, 4) is 0 Å². The van der Waals surface area contributed by atoms with Crippen LogP contribution in [0.4, 0.5) is 0 Å². The highest BCUT2D eigenvalue weighted by atomic mass is 14.9. The molecule has 1 aromatic heterocycles. The van der Waals surface area contributed by atoms with Gasteiger partial charge in [0.1, 0.15) is 0 Å². The molecule has 1 heterocycles. The quantitative estimate of drug-likeness (QED) is 0.853. The van der Waals surface area contributed by atoms with Crippen LogP contribution in [0.3, 0.4) is 0 Å². The topological polar surface area (TPSA) is 17.0 Å². The Labute approximate surface area is 103 Å². The number of nitrogens with zero attached hydrogens (tertiary/aromatic N) is 1. The summed E-state index contributed by atoms with van der Waals surface area (Å²) in [4.78, 5) is 0. The van der Waals surface area contributed by atoms with Gasteiger partial charge >= 0.3 is 0 Å². The molecule has 0 aliphatic heterocycles. The smallest absolute Gasteiger partial charge is 0.0483 e. The molecule has 0 radical (unpaired) electrons. The van der Waals surface area contributed by atoms with Crippen molar-refractivity contribution >= 4 is 17.0 Å². The first-order valence-corrected chi connectivity index (χ1v) is 6.03. The SMILES string of the molecule is CNC(C)/C(C)=C/c1cn(C)c2ccccc12. The second kappa shape index (κ2) is 4.76. The summed E-state index contributed by atoms with van der Waals surface area (Å²) in [7, 11) is 4.08. The van der Waals surface area contributed by atoms with Gasteiger partial charge < -0.3 is 9.88 Å². The lowest BCUT2D eigenvalue weighted by atomic mass is 10.1. The number of hydrogen-bond donors (Lipinski definition) is 1. The van der Waals surface area contributed by atoms with Gasteiger partial charge in [0.25, 0.3) is 0 Å². The van der Waals surface area contributed by atoms with E-state index in [-0.39, 0.29) is 0 Å². The van der Waals surface area contributed by atoms with Crippen molar-refractivity contribution in [1.29, 1.82) is 0 Å². The third-order valence-corrected chi connectivity index (χ3v) is 3.43. The maximum atomic E-state index is 3.26. The number of aromatic nitrogens is 1. The zero-order chi connectivity index (χ0) is 12.4. The van der Waals surface area contributed by atoms with Crippen LogP contribution in [0.5, 0.6) is 0 Å². The van der Waals surface area contributed by atoms with E-state index in [0.29, 0.717) is 6.04 Å². The Morgan fingerprint density at radius 2 is 2.06 bits per heavy atom. The number of para-hydroxylation sites is 1. The van der Waals surface area contributed by atoms with Crippen LogP contribution in [0.1, 0.15) is 19.4 Å². The molecule has 1 atom stereocenters. The van der Waals surface area contributed by atoms with E-state index in [1.165, 1.54) is 22.0 Å². The van der Waals surface area contributed by atoms with E-state index in [4.69, 9.17) is 0 Å². The fraction of sp³-hybridized carbons (Fsp3) is 0.333. The van der Waals surface area contributed by atoms with Crippen LogP contribution in [-0.2, 0) is 7.05 Å². The highest BCUT2D eigenvalue weighted by Crippen LogP contribution is 2.23. The molecule has 2 aromatic rings. The van der Waals surface area contributed by atoms with Gasteiger partial charge in [-0.1, -0.05) is 29.8 Å². The molecule has 0 aliphatic rings. The summed E-state index contributed by atoms with van der Waals surface area (Å²) in [6, 6.07) is 8.92. The Morgan fingerprint density at radius 1 is 1.35 bits per heavy atom. The van der Waals surface area contributed by atoms with E-state index >= 15 is 0 Å². The van der Waals surface area contributed by atoms with Crippen molar-refractivity contribution < 1.29 is 0 Å². The van der Waals surface area contributed by atoms with Gasteiger partial charge in [-0.3, -0.25) is 0 Å². The molecule has 1 N–H and O–H groups in total. The lowest BCUT2D eigenvalue weighted by Gasteiger charge is -2.10. The van der Waals surface area contributed by atoms with E-state index in [2.05, 4.69) is 67.3 Å². The van der Waals surface area contributed by atoms with Crippen LogP contribution >= 0.6 is 0 Å². The van der Waals surface area contributed by atoms with Crippen LogP contribution in [0.2, 0.25) is 0 Å².